The molecule has 1 aliphatic rings. The largest absolute Gasteiger partial charge is 0.335 e. The maximum atomic E-state index is 12.3. The van der Waals surface area contributed by atoms with Crippen LogP contribution in [0.15, 0.2) is 29.6 Å². The second-order valence-electron chi connectivity index (χ2n) is 4.88. The summed E-state index contributed by atoms with van der Waals surface area (Å²) in [5.41, 5.74) is 1.24. The monoisotopic (exact) mass is 318 g/mol. The summed E-state index contributed by atoms with van der Waals surface area (Å²) in [6, 6.07) is 6.18. The van der Waals surface area contributed by atoms with E-state index in [2.05, 4.69) is 10.3 Å². The van der Waals surface area contributed by atoms with Crippen molar-refractivity contribution in [1.82, 2.24) is 15.2 Å². The summed E-state index contributed by atoms with van der Waals surface area (Å²) in [5, 5.41) is 16.3. The van der Waals surface area contributed by atoms with Gasteiger partial charge in [0.15, 0.2) is 0 Å². The normalized spacial score (nSPS) is 14.8. The molecule has 0 unspecified atom stereocenters. The van der Waals surface area contributed by atoms with Gasteiger partial charge in [-0.1, -0.05) is 0 Å². The zero-order chi connectivity index (χ0) is 15.5. The predicted molar refractivity (Wildman–Crippen MR) is 83.0 cm³/mol. The van der Waals surface area contributed by atoms with Crippen molar-refractivity contribution in [2.45, 2.75) is 0 Å². The van der Waals surface area contributed by atoms with Crippen LogP contribution in [0.4, 0.5) is 5.69 Å². The summed E-state index contributed by atoms with van der Waals surface area (Å²) in [7, 11) is 0. The molecule has 0 saturated carbocycles. The first-order valence-corrected chi connectivity index (χ1v) is 7.73. The number of aromatic nitrogens is 1. The molecule has 0 aliphatic carbocycles. The molecular weight excluding hydrogens is 304 g/mol. The molecule has 22 heavy (non-hydrogen) atoms. The molecule has 1 saturated heterocycles. The molecule has 0 atom stereocenters. The van der Waals surface area contributed by atoms with E-state index in [0.717, 1.165) is 18.7 Å². The summed E-state index contributed by atoms with van der Waals surface area (Å²) < 4.78 is 0. The number of piperazine rings is 1. The molecule has 1 amide bonds. The Bertz CT molecular complexity index is 692. The number of nitro benzene ring substituents is 1. The Morgan fingerprint density at radius 3 is 2.59 bits per heavy atom. The highest BCUT2D eigenvalue weighted by Gasteiger charge is 2.20. The topological polar surface area (TPSA) is 88.4 Å². The summed E-state index contributed by atoms with van der Waals surface area (Å²) in [6.45, 7) is 2.96. The first-order valence-electron chi connectivity index (χ1n) is 6.85. The Hall–Kier alpha value is -2.32. The maximum Gasteiger partial charge on any atom is 0.273 e. The number of nitro groups is 1. The van der Waals surface area contributed by atoms with Crippen molar-refractivity contribution in [3.05, 3.63) is 45.5 Å². The van der Waals surface area contributed by atoms with Crippen LogP contribution in [-0.2, 0) is 0 Å². The lowest BCUT2D eigenvalue weighted by Gasteiger charge is -2.26. The second-order valence-corrected chi connectivity index (χ2v) is 5.74. The fourth-order valence-electron chi connectivity index (χ4n) is 2.26. The van der Waals surface area contributed by atoms with Crippen LogP contribution in [0.3, 0.4) is 0 Å². The van der Waals surface area contributed by atoms with Gasteiger partial charge in [-0.05, 0) is 12.1 Å². The molecule has 1 aromatic heterocycles. The van der Waals surface area contributed by atoms with Gasteiger partial charge >= 0.3 is 0 Å². The molecule has 1 aromatic carbocycles. The molecule has 7 nitrogen and oxygen atoms in total. The molecule has 1 aliphatic heterocycles. The SMILES string of the molecule is O=C(c1csc(-c2ccc([N+](=O)[O-])cc2)n1)N1CCNCC1. The first kappa shape index (κ1) is 14.6. The van der Waals surface area contributed by atoms with Crippen LogP contribution < -0.4 is 5.32 Å². The number of amides is 1. The molecule has 114 valence electrons. The van der Waals surface area contributed by atoms with Crippen LogP contribution in [0, 0.1) is 10.1 Å². The number of nitrogens with one attached hydrogen (secondary N) is 1. The standard InChI is InChI=1S/C14H14N4O3S/c19-14(17-7-5-15-6-8-17)12-9-22-13(16-12)10-1-3-11(4-2-10)18(20)21/h1-4,9,15H,5-8H2. The average Bonchev–Trinajstić information content (AvgIpc) is 3.05. The quantitative estimate of drug-likeness (QED) is 0.688. The van der Waals surface area contributed by atoms with Gasteiger partial charge in [0.2, 0.25) is 0 Å². The Balaban J connectivity index is 1.78. The third-order valence-corrected chi connectivity index (χ3v) is 4.34. The third kappa shape index (κ3) is 2.97. The molecule has 8 heteroatoms. The number of rotatable bonds is 3. The molecule has 2 aromatic rings. The molecular formula is C14H14N4O3S. The number of carbonyl (C=O) groups is 1. The number of nitrogens with zero attached hydrogens (tertiary/aromatic N) is 3. The molecule has 0 bridgehead atoms. The average molecular weight is 318 g/mol. The molecule has 0 spiro atoms. The second kappa shape index (κ2) is 6.20. The van der Waals surface area contributed by atoms with E-state index in [1.165, 1.54) is 23.5 Å². The fourth-order valence-corrected chi connectivity index (χ4v) is 3.06. The van der Waals surface area contributed by atoms with Crippen molar-refractivity contribution < 1.29 is 9.72 Å². The van der Waals surface area contributed by atoms with E-state index in [-0.39, 0.29) is 11.6 Å². The number of benzene rings is 1. The minimum absolute atomic E-state index is 0.0393. The van der Waals surface area contributed by atoms with Crippen molar-refractivity contribution >= 4 is 22.9 Å². The zero-order valence-electron chi connectivity index (χ0n) is 11.7. The van der Waals surface area contributed by atoms with Gasteiger partial charge in [0, 0.05) is 49.3 Å². The van der Waals surface area contributed by atoms with Crippen LogP contribution >= 0.6 is 11.3 Å². The van der Waals surface area contributed by atoms with E-state index in [9.17, 15) is 14.9 Å². The van der Waals surface area contributed by atoms with Crippen LogP contribution in [-0.4, -0.2) is 46.9 Å². The Labute approximate surface area is 130 Å². The smallest absolute Gasteiger partial charge is 0.273 e. The van der Waals surface area contributed by atoms with Crippen molar-refractivity contribution in [2.24, 2.45) is 0 Å². The van der Waals surface area contributed by atoms with E-state index < -0.39 is 4.92 Å². The van der Waals surface area contributed by atoms with E-state index in [0.29, 0.717) is 23.8 Å². The predicted octanol–water partition coefficient (Wildman–Crippen LogP) is 1.76. The van der Waals surface area contributed by atoms with E-state index >= 15 is 0 Å². The number of hydrogen-bond donors (Lipinski definition) is 1. The Morgan fingerprint density at radius 2 is 1.95 bits per heavy atom. The summed E-state index contributed by atoms with van der Waals surface area (Å²) in [4.78, 5) is 28.7. The van der Waals surface area contributed by atoms with Crippen molar-refractivity contribution in [1.29, 1.82) is 0 Å². The third-order valence-electron chi connectivity index (χ3n) is 3.45. The fraction of sp³-hybridized carbons (Fsp3) is 0.286. The van der Waals surface area contributed by atoms with Gasteiger partial charge in [-0.25, -0.2) is 4.98 Å². The first-order chi connectivity index (χ1) is 10.6. The highest BCUT2D eigenvalue weighted by Crippen LogP contribution is 2.26. The zero-order valence-corrected chi connectivity index (χ0v) is 12.5. The highest BCUT2D eigenvalue weighted by molar-refractivity contribution is 7.13. The van der Waals surface area contributed by atoms with Crippen LogP contribution in [0.25, 0.3) is 10.6 Å². The van der Waals surface area contributed by atoms with Gasteiger partial charge < -0.3 is 10.2 Å². The van der Waals surface area contributed by atoms with Crippen LogP contribution in [0.1, 0.15) is 10.5 Å². The van der Waals surface area contributed by atoms with E-state index in [1.807, 2.05) is 0 Å². The Kier molecular flexibility index (Phi) is 4.12. The summed E-state index contributed by atoms with van der Waals surface area (Å²) in [5.74, 6) is -0.0640. The molecule has 3 rings (SSSR count). The molecule has 1 N–H and O–H groups in total. The lowest BCUT2D eigenvalue weighted by molar-refractivity contribution is -0.384. The summed E-state index contributed by atoms with van der Waals surface area (Å²) >= 11 is 1.37. The van der Waals surface area contributed by atoms with Gasteiger partial charge in [0.25, 0.3) is 11.6 Å². The molecule has 1 fully saturated rings. The van der Waals surface area contributed by atoms with Gasteiger partial charge in [0.1, 0.15) is 10.7 Å². The van der Waals surface area contributed by atoms with Crippen molar-refractivity contribution in [3.8, 4) is 10.6 Å². The van der Waals surface area contributed by atoms with Gasteiger partial charge in [-0.2, -0.15) is 0 Å². The maximum absolute atomic E-state index is 12.3. The Morgan fingerprint density at radius 1 is 1.27 bits per heavy atom. The lowest BCUT2D eigenvalue weighted by Crippen LogP contribution is -2.46. The van der Waals surface area contributed by atoms with Crippen LogP contribution in [0.5, 0.6) is 0 Å². The van der Waals surface area contributed by atoms with E-state index in [4.69, 9.17) is 0 Å². The van der Waals surface area contributed by atoms with E-state index in [1.54, 1.807) is 22.4 Å². The molecule has 0 radical (unpaired) electrons. The van der Waals surface area contributed by atoms with Gasteiger partial charge in [-0.15, -0.1) is 11.3 Å². The summed E-state index contributed by atoms with van der Waals surface area (Å²) in [6.07, 6.45) is 0. The van der Waals surface area contributed by atoms with Crippen LogP contribution in [0.2, 0.25) is 0 Å². The number of non-ortho nitro benzene ring substituents is 1. The van der Waals surface area contributed by atoms with Gasteiger partial charge in [0.05, 0.1) is 4.92 Å². The number of hydrogen-bond acceptors (Lipinski definition) is 6. The van der Waals surface area contributed by atoms with Crippen molar-refractivity contribution in [2.75, 3.05) is 26.2 Å². The minimum atomic E-state index is -0.440. The number of carbonyl (C=O) groups excluding carboxylic acids is 1. The lowest BCUT2D eigenvalue weighted by atomic mass is 10.2. The van der Waals surface area contributed by atoms with Gasteiger partial charge in [-0.3, -0.25) is 14.9 Å². The minimum Gasteiger partial charge on any atom is -0.335 e. The highest BCUT2D eigenvalue weighted by atomic mass is 32.1. The van der Waals surface area contributed by atoms with Crippen molar-refractivity contribution in [3.63, 3.8) is 0 Å². The molecule has 2 heterocycles. The number of thiazole rings is 1.